The summed E-state index contributed by atoms with van der Waals surface area (Å²) in [7, 11) is -3.56. The molecule has 1 N–H and O–H groups in total. The third kappa shape index (κ3) is 3.23. The van der Waals surface area contributed by atoms with E-state index in [4.69, 9.17) is 10.4 Å². The first-order chi connectivity index (χ1) is 9.85. The molecular weight excluding hydrogens is 292 g/mol. The summed E-state index contributed by atoms with van der Waals surface area (Å²) in [6.45, 7) is 1.86. The number of aliphatic carboxylic acids is 1. The van der Waals surface area contributed by atoms with Crippen LogP contribution in [0.4, 0.5) is 0 Å². The predicted molar refractivity (Wildman–Crippen MR) is 75.7 cm³/mol. The number of nitriles is 1. The maximum Gasteiger partial charge on any atom is 0.308 e. The number of nitrogens with zero attached hydrogens (tertiary/aromatic N) is 2. The molecule has 6 nitrogen and oxygen atoms in total. The molecule has 1 aromatic rings. The van der Waals surface area contributed by atoms with Gasteiger partial charge < -0.3 is 5.11 Å². The zero-order valence-electron chi connectivity index (χ0n) is 11.6. The Balaban J connectivity index is 2.15. The molecule has 0 radical (unpaired) electrons. The Morgan fingerprint density at radius 1 is 1.43 bits per heavy atom. The van der Waals surface area contributed by atoms with Gasteiger partial charge in [-0.15, -0.1) is 0 Å². The van der Waals surface area contributed by atoms with Crippen molar-refractivity contribution in [1.29, 1.82) is 5.26 Å². The number of sulfonamides is 1. The lowest BCUT2D eigenvalue weighted by Crippen LogP contribution is -2.38. The standard InChI is InChI=1S/C14H16N2O4S/c1-10-13(14(17)18)6-7-16(10)21(19,20)9-12-4-2-11(8-15)3-5-12/h2-5,10,13H,6-7,9H2,1H3,(H,17,18). The van der Waals surface area contributed by atoms with Gasteiger partial charge in [0.1, 0.15) is 0 Å². The second-order valence-electron chi connectivity index (χ2n) is 5.15. The molecule has 0 spiro atoms. The summed E-state index contributed by atoms with van der Waals surface area (Å²) in [6.07, 6.45) is 0.336. The molecule has 112 valence electrons. The molecule has 1 aromatic carbocycles. The number of hydrogen-bond donors (Lipinski definition) is 1. The van der Waals surface area contributed by atoms with Crippen LogP contribution in [0.25, 0.3) is 0 Å². The molecule has 2 rings (SSSR count). The smallest absolute Gasteiger partial charge is 0.308 e. The molecule has 7 heteroatoms. The molecule has 0 saturated carbocycles. The topological polar surface area (TPSA) is 98.5 Å². The van der Waals surface area contributed by atoms with E-state index >= 15 is 0 Å². The van der Waals surface area contributed by atoms with Crippen LogP contribution in [0.1, 0.15) is 24.5 Å². The van der Waals surface area contributed by atoms with Gasteiger partial charge in [-0.3, -0.25) is 4.79 Å². The van der Waals surface area contributed by atoms with Gasteiger partial charge in [0.2, 0.25) is 10.0 Å². The van der Waals surface area contributed by atoms with Gasteiger partial charge in [0.05, 0.1) is 23.3 Å². The Morgan fingerprint density at radius 2 is 2.05 bits per heavy atom. The van der Waals surface area contributed by atoms with Crippen molar-refractivity contribution in [3.8, 4) is 6.07 Å². The maximum absolute atomic E-state index is 12.4. The first kappa shape index (κ1) is 15.5. The molecule has 2 unspecified atom stereocenters. The Labute approximate surface area is 123 Å². The average Bonchev–Trinajstić information content (AvgIpc) is 2.82. The lowest BCUT2D eigenvalue weighted by Gasteiger charge is -2.22. The van der Waals surface area contributed by atoms with Crippen molar-refractivity contribution in [2.24, 2.45) is 5.92 Å². The fourth-order valence-electron chi connectivity index (χ4n) is 2.60. The van der Waals surface area contributed by atoms with Crippen LogP contribution in [0.3, 0.4) is 0 Å². The molecule has 0 aliphatic carbocycles. The maximum atomic E-state index is 12.4. The highest BCUT2D eigenvalue weighted by atomic mass is 32.2. The van der Waals surface area contributed by atoms with Crippen molar-refractivity contribution in [2.75, 3.05) is 6.54 Å². The van der Waals surface area contributed by atoms with Crippen LogP contribution in [0.5, 0.6) is 0 Å². The minimum atomic E-state index is -3.56. The second kappa shape index (κ2) is 5.84. The Hall–Kier alpha value is -1.91. The highest BCUT2D eigenvalue weighted by molar-refractivity contribution is 7.88. The largest absolute Gasteiger partial charge is 0.481 e. The molecule has 0 aromatic heterocycles. The number of rotatable bonds is 4. The van der Waals surface area contributed by atoms with Gasteiger partial charge in [-0.1, -0.05) is 12.1 Å². The normalized spacial score (nSPS) is 22.9. The van der Waals surface area contributed by atoms with Crippen molar-refractivity contribution in [3.63, 3.8) is 0 Å². The van der Waals surface area contributed by atoms with Crippen molar-refractivity contribution >= 4 is 16.0 Å². The summed E-state index contributed by atoms with van der Waals surface area (Å²) in [4.78, 5) is 11.1. The van der Waals surface area contributed by atoms with Crippen LogP contribution >= 0.6 is 0 Å². The predicted octanol–water partition coefficient (Wildman–Crippen LogP) is 1.18. The highest BCUT2D eigenvalue weighted by Gasteiger charge is 2.41. The summed E-state index contributed by atoms with van der Waals surface area (Å²) < 4.78 is 26.1. The van der Waals surface area contributed by atoms with Crippen molar-refractivity contribution < 1.29 is 18.3 Å². The molecule has 1 aliphatic rings. The van der Waals surface area contributed by atoms with Crippen molar-refractivity contribution in [1.82, 2.24) is 4.31 Å². The van der Waals surface area contributed by atoms with Gasteiger partial charge in [-0.2, -0.15) is 9.57 Å². The fourth-order valence-corrected chi connectivity index (χ4v) is 4.42. The summed E-state index contributed by atoms with van der Waals surface area (Å²) in [5, 5.41) is 17.8. The SMILES string of the molecule is CC1C(C(=O)O)CCN1S(=O)(=O)Cc1ccc(C#N)cc1. The van der Waals surface area contributed by atoms with E-state index in [1.807, 2.05) is 6.07 Å². The third-order valence-electron chi connectivity index (χ3n) is 3.80. The van der Waals surface area contributed by atoms with Crippen LogP contribution in [0.15, 0.2) is 24.3 Å². The van der Waals surface area contributed by atoms with Crippen molar-refractivity contribution in [3.05, 3.63) is 35.4 Å². The molecule has 0 amide bonds. The third-order valence-corrected chi connectivity index (χ3v) is 5.73. The molecule has 1 aliphatic heterocycles. The van der Waals surface area contributed by atoms with E-state index in [0.29, 0.717) is 17.5 Å². The molecule has 1 fully saturated rings. The van der Waals surface area contributed by atoms with Crippen molar-refractivity contribution in [2.45, 2.75) is 25.1 Å². The molecular formula is C14H16N2O4S. The van der Waals surface area contributed by atoms with E-state index in [-0.39, 0.29) is 12.3 Å². The number of carboxylic acid groups (broad SMARTS) is 1. The average molecular weight is 308 g/mol. The molecule has 1 heterocycles. The Kier molecular flexibility index (Phi) is 4.30. The number of carbonyl (C=O) groups is 1. The number of hydrogen-bond acceptors (Lipinski definition) is 4. The molecule has 21 heavy (non-hydrogen) atoms. The summed E-state index contributed by atoms with van der Waals surface area (Å²) in [5.74, 6) is -1.80. The van der Waals surface area contributed by atoms with Crippen LogP contribution in [-0.4, -0.2) is 36.4 Å². The summed E-state index contributed by atoms with van der Waals surface area (Å²) in [5.41, 5.74) is 1.05. The monoisotopic (exact) mass is 308 g/mol. The molecule has 2 atom stereocenters. The van der Waals surface area contributed by atoms with Gasteiger partial charge in [-0.05, 0) is 31.0 Å². The Morgan fingerprint density at radius 3 is 2.52 bits per heavy atom. The minimum absolute atomic E-state index is 0.185. The second-order valence-corrected chi connectivity index (χ2v) is 7.07. The number of benzene rings is 1. The van der Waals surface area contributed by atoms with E-state index in [1.165, 1.54) is 4.31 Å². The lowest BCUT2D eigenvalue weighted by molar-refractivity contribution is -0.142. The van der Waals surface area contributed by atoms with Gasteiger partial charge in [-0.25, -0.2) is 8.42 Å². The Bertz CT molecular complexity index is 676. The first-order valence-corrected chi connectivity index (χ1v) is 8.17. The lowest BCUT2D eigenvalue weighted by atomic mass is 10.0. The van der Waals surface area contributed by atoms with Gasteiger partial charge in [0.15, 0.2) is 0 Å². The van der Waals surface area contributed by atoms with Crippen LogP contribution in [0.2, 0.25) is 0 Å². The zero-order valence-corrected chi connectivity index (χ0v) is 12.4. The first-order valence-electron chi connectivity index (χ1n) is 6.56. The molecule has 0 bridgehead atoms. The van der Waals surface area contributed by atoms with E-state index in [1.54, 1.807) is 31.2 Å². The van der Waals surface area contributed by atoms with Gasteiger partial charge in [0, 0.05) is 12.6 Å². The fraction of sp³-hybridized carbons (Fsp3) is 0.429. The zero-order chi connectivity index (χ0) is 15.6. The van der Waals surface area contributed by atoms with E-state index in [9.17, 15) is 13.2 Å². The quantitative estimate of drug-likeness (QED) is 0.900. The van der Waals surface area contributed by atoms with Crippen LogP contribution in [0, 0.1) is 17.2 Å². The van der Waals surface area contributed by atoms with E-state index in [0.717, 1.165) is 0 Å². The van der Waals surface area contributed by atoms with Gasteiger partial charge >= 0.3 is 5.97 Å². The summed E-state index contributed by atoms with van der Waals surface area (Å²) in [6, 6.07) is 7.78. The highest BCUT2D eigenvalue weighted by Crippen LogP contribution is 2.28. The van der Waals surface area contributed by atoms with Gasteiger partial charge in [0.25, 0.3) is 0 Å². The van der Waals surface area contributed by atoms with Crippen LogP contribution < -0.4 is 0 Å². The summed E-state index contributed by atoms with van der Waals surface area (Å²) >= 11 is 0. The van der Waals surface area contributed by atoms with Crippen LogP contribution in [-0.2, 0) is 20.6 Å². The van der Waals surface area contributed by atoms with E-state index in [2.05, 4.69) is 0 Å². The number of carboxylic acids is 1. The van der Waals surface area contributed by atoms with E-state index < -0.39 is 28.0 Å². The molecule has 1 saturated heterocycles. The minimum Gasteiger partial charge on any atom is -0.481 e.